The first-order chi connectivity index (χ1) is 8.56. The highest BCUT2D eigenvalue weighted by molar-refractivity contribution is 6.32. The summed E-state index contributed by atoms with van der Waals surface area (Å²) < 4.78 is 5.95. The molecule has 0 spiro atoms. The fourth-order valence-corrected chi connectivity index (χ4v) is 2.65. The van der Waals surface area contributed by atoms with Crippen LogP contribution in [0.4, 0.5) is 0 Å². The molecular formula is C14H19ClN2O. The minimum absolute atomic E-state index is 0.0229. The predicted molar refractivity (Wildman–Crippen MR) is 74.5 cm³/mol. The molecule has 1 saturated carbocycles. The molecule has 1 aliphatic rings. The van der Waals surface area contributed by atoms with Crippen LogP contribution in [0.25, 0.3) is 0 Å². The summed E-state index contributed by atoms with van der Waals surface area (Å²) in [6, 6.07) is 5.26. The summed E-state index contributed by atoms with van der Waals surface area (Å²) in [5.74, 6) is 1.44. The predicted octanol–water partition coefficient (Wildman–Crippen LogP) is 3.58. The van der Waals surface area contributed by atoms with E-state index in [-0.39, 0.29) is 11.9 Å². The summed E-state index contributed by atoms with van der Waals surface area (Å²) in [6.45, 7) is 2.26. The summed E-state index contributed by atoms with van der Waals surface area (Å²) in [5, 5.41) is 7.89. The van der Waals surface area contributed by atoms with Crippen LogP contribution in [0.3, 0.4) is 0 Å². The molecule has 1 aliphatic carbocycles. The molecule has 98 valence electrons. The van der Waals surface area contributed by atoms with Crippen molar-refractivity contribution < 1.29 is 4.74 Å². The average molecular weight is 267 g/mol. The molecule has 0 amide bonds. The molecular weight excluding hydrogens is 248 g/mol. The number of hydrogen-bond donors (Lipinski definition) is 2. The quantitative estimate of drug-likeness (QED) is 0.649. The molecule has 4 heteroatoms. The average Bonchev–Trinajstić information content (AvgIpc) is 2.31. The second-order valence-electron chi connectivity index (χ2n) is 5.07. The lowest BCUT2D eigenvalue weighted by Crippen LogP contribution is -2.24. The molecule has 0 saturated heterocycles. The van der Waals surface area contributed by atoms with Crippen molar-refractivity contribution in [2.75, 3.05) is 0 Å². The maximum Gasteiger partial charge on any atom is 0.138 e. The molecule has 3 nitrogen and oxygen atoms in total. The van der Waals surface area contributed by atoms with Gasteiger partial charge in [-0.3, -0.25) is 5.41 Å². The van der Waals surface area contributed by atoms with Crippen molar-refractivity contribution in [1.29, 1.82) is 5.41 Å². The van der Waals surface area contributed by atoms with Crippen LogP contribution >= 0.6 is 11.6 Å². The molecule has 18 heavy (non-hydrogen) atoms. The van der Waals surface area contributed by atoms with Crippen LogP contribution in [0, 0.1) is 11.3 Å². The van der Waals surface area contributed by atoms with Gasteiger partial charge in [0.25, 0.3) is 0 Å². The van der Waals surface area contributed by atoms with Crippen LogP contribution in [0.5, 0.6) is 5.75 Å². The second-order valence-corrected chi connectivity index (χ2v) is 5.48. The summed E-state index contributed by atoms with van der Waals surface area (Å²) in [7, 11) is 0. The van der Waals surface area contributed by atoms with E-state index in [9.17, 15) is 0 Å². The largest absolute Gasteiger partial charge is 0.489 e. The second kappa shape index (κ2) is 5.61. The van der Waals surface area contributed by atoms with Gasteiger partial charge in [0.2, 0.25) is 0 Å². The standard InChI is InChI=1S/C14H19ClN2O/c1-9-3-2-4-11(7-9)18-13-6-5-10(14(16)17)8-12(13)15/h5-6,8-9,11H,2-4,7H2,1H3,(H3,16,17). The molecule has 1 fully saturated rings. The highest BCUT2D eigenvalue weighted by Crippen LogP contribution is 2.31. The van der Waals surface area contributed by atoms with Crippen LogP contribution < -0.4 is 10.5 Å². The first-order valence-electron chi connectivity index (χ1n) is 6.37. The van der Waals surface area contributed by atoms with Crippen molar-refractivity contribution in [3.05, 3.63) is 28.8 Å². The molecule has 1 aromatic rings. The van der Waals surface area contributed by atoms with Gasteiger partial charge in [-0.2, -0.15) is 0 Å². The van der Waals surface area contributed by atoms with E-state index in [2.05, 4.69) is 6.92 Å². The van der Waals surface area contributed by atoms with E-state index >= 15 is 0 Å². The number of hydrogen-bond acceptors (Lipinski definition) is 2. The molecule has 2 rings (SSSR count). The third-order valence-corrected chi connectivity index (χ3v) is 3.72. The first-order valence-corrected chi connectivity index (χ1v) is 6.74. The van der Waals surface area contributed by atoms with Gasteiger partial charge in [0.15, 0.2) is 0 Å². The SMILES string of the molecule is CC1CCCC(Oc2ccc(C(=N)N)cc2Cl)C1. The van der Waals surface area contributed by atoms with E-state index in [4.69, 9.17) is 27.5 Å². The number of rotatable bonds is 3. The Morgan fingerprint density at radius 1 is 1.44 bits per heavy atom. The van der Waals surface area contributed by atoms with Gasteiger partial charge in [-0.25, -0.2) is 0 Å². The van der Waals surface area contributed by atoms with Crippen LogP contribution in [0.1, 0.15) is 38.2 Å². The number of nitrogens with one attached hydrogen (secondary N) is 1. The third kappa shape index (κ3) is 3.16. The molecule has 0 aliphatic heterocycles. The molecule has 0 radical (unpaired) electrons. The monoisotopic (exact) mass is 266 g/mol. The number of nitrogens with two attached hydrogens (primary N) is 1. The fraction of sp³-hybridized carbons (Fsp3) is 0.500. The van der Waals surface area contributed by atoms with Gasteiger partial charge in [-0.05, 0) is 43.4 Å². The van der Waals surface area contributed by atoms with Gasteiger partial charge in [-0.1, -0.05) is 24.9 Å². The van der Waals surface area contributed by atoms with E-state index in [1.54, 1.807) is 18.2 Å². The molecule has 0 bridgehead atoms. The number of halogens is 1. The van der Waals surface area contributed by atoms with Crippen LogP contribution in [-0.4, -0.2) is 11.9 Å². The van der Waals surface area contributed by atoms with Crippen molar-refractivity contribution in [2.24, 2.45) is 11.7 Å². The number of amidine groups is 1. The highest BCUT2D eigenvalue weighted by atomic mass is 35.5. The lowest BCUT2D eigenvalue weighted by Gasteiger charge is -2.27. The zero-order valence-electron chi connectivity index (χ0n) is 10.6. The fourth-order valence-electron chi connectivity index (χ4n) is 2.43. The highest BCUT2D eigenvalue weighted by Gasteiger charge is 2.21. The molecule has 3 N–H and O–H groups in total. The van der Waals surface area contributed by atoms with E-state index in [0.717, 1.165) is 18.8 Å². The summed E-state index contributed by atoms with van der Waals surface area (Å²) in [6.07, 6.45) is 4.95. The smallest absolute Gasteiger partial charge is 0.138 e. The Kier molecular flexibility index (Phi) is 4.12. The number of benzene rings is 1. The number of ether oxygens (including phenoxy) is 1. The summed E-state index contributed by atoms with van der Waals surface area (Å²) >= 11 is 6.15. The van der Waals surface area contributed by atoms with E-state index in [0.29, 0.717) is 16.3 Å². The number of nitrogen functional groups attached to an aromatic ring is 1. The Morgan fingerprint density at radius 3 is 2.83 bits per heavy atom. The van der Waals surface area contributed by atoms with Crippen LogP contribution in [0.15, 0.2) is 18.2 Å². The maximum atomic E-state index is 7.36. The van der Waals surface area contributed by atoms with Gasteiger partial charge in [0.05, 0.1) is 11.1 Å². The minimum atomic E-state index is 0.0229. The van der Waals surface area contributed by atoms with Gasteiger partial charge in [0.1, 0.15) is 11.6 Å². The zero-order chi connectivity index (χ0) is 13.1. The Bertz CT molecular complexity index is 447. The van der Waals surface area contributed by atoms with Gasteiger partial charge >= 0.3 is 0 Å². The molecule has 1 aromatic carbocycles. The van der Waals surface area contributed by atoms with Gasteiger partial charge < -0.3 is 10.5 Å². The molecule has 2 unspecified atom stereocenters. The van der Waals surface area contributed by atoms with Crippen molar-refractivity contribution in [3.63, 3.8) is 0 Å². The van der Waals surface area contributed by atoms with Crippen molar-refractivity contribution in [2.45, 2.75) is 38.7 Å². The van der Waals surface area contributed by atoms with Crippen LogP contribution in [0.2, 0.25) is 5.02 Å². The first kappa shape index (κ1) is 13.2. The van der Waals surface area contributed by atoms with E-state index in [1.165, 1.54) is 12.8 Å². The third-order valence-electron chi connectivity index (χ3n) is 3.42. The topological polar surface area (TPSA) is 59.1 Å². The Balaban J connectivity index is 2.07. The van der Waals surface area contributed by atoms with Crippen molar-refractivity contribution >= 4 is 17.4 Å². The minimum Gasteiger partial charge on any atom is -0.489 e. The summed E-state index contributed by atoms with van der Waals surface area (Å²) in [4.78, 5) is 0. The summed E-state index contributed by atoms with van der Waals surface area (Å²) in [5.41, 5.74) is 6.05. The Hall–Kier alpha value is -1.22. The zero-order valence-corrected chi connectivity index (χ0v) is 11.3. The van der Waals surface area contributed by atoms with Crippen molar-refractivity contribution in [1.82, 2.24) is 0 Å². The van der Waals surface area contributed by atoms with E-state index < -0.39 is 0 Å². The lowest BCUT2D eigenvalue weighted by molar-refractivity contribution is 0.129. The Labute approximate surface area is 113 Å². The lowest BCUT2D eigenvalue weighted by atomic mass is 9.89. The van der Waals surface area contributed by atoms with Crippen molar-refractivity contribution in [3.8, 4) is 5.75 Å². The van der Waals surface area contributed by atoms with E-state index in [1.807, 2.05) is 0 Å². The maximum absolute atomic E-state index is 7.36. The van der Waals surface area contributed by atoms with Crippen LogP contribution in [-0.2, 0) is 0 Å². The Morgan fingerprint density at radius 2 is 2.22 bits per heavy atom. The molecule has 2 atom stereocenters. The van der Waals surface area contributed by atoms with Gasteiger partial charge in [0, 0.05) is 5.56 Å². The molecule has 0 aromatic heterocycles. The van der Waals surface area contributed by atoms with Gasteiger partial charge in [-0.15, -0.1) is 0 Å². The molecule has 0 heterocycles. The normalized spacial score (nSPS) is 23.7.